The van der Waals surface area contributed by atoms with Crippen molar-refractivity contribution >= 4 is 0 Å². The van der Waals surface area contributed by atoms with E-state index in [-0.39, 0.29) is 11.8 Å². The second-order valence-electron chi connectivity index (χ2n) is 11.8. The van der Waals surface area contributed by atoms with E-state index in [9.17, 15) is 10.5 Å². The highest BCUT2D eigenvalue weighted by Gasteiger charge is 2.39. The van der Waals surface area contributed by atoms with E-state index in [1.807, 2.05) is 84.9 Å². The van der Waals surface area contributed by atoms with Crippen LogP contribution in [0.3, 0.4) is 0 Å². The molecule has 5 aromatic rings. The molecule has 2 aromatic heterocycles. The number of hydrogen-bond acceptors (Lipinski definition) is 8. The summed E-state index contributed by atoms with van der Waals surface area (Å²) in [5.41, 5.74) is 20.2. The van der Waals surface area contributed by atoms with Crippen LogP contribution in [0.1, 0.15) is 72.2 Å². The molecule has 10 heteroatoms. The predicted octanol–water partition coefficient (Wildman–Crippen LogP) is 6.40. The minimum absolute atomic E-state index is 0.0493. The van der Waals surface area contributed by atoms with Gasteiger partial charge in [-0.2, -0.15) is 20.7 Å². The van der Waals surface area contributed by atoms with Crippen molar-refractivity contribution in [2.24, 2.45) is 11.5 Å². The summed E-state index contributed by atoms with van der Waals surface area (Å²) < 4.78 is 15.8. The van der Waals surface area contributed by atoms with Crippen LogP contribution in [-0.2, 0) is 12.8 Å². The average Bonchev–Trinajstić information content (AvgIpc) is 3.65. The van der Waals surface area contributed by atoms with Crippen LogP contribution in [0, 0.1) is 22.7 Å². The number of fused-ring (bicyclic) bond motifs is 2. The fourth-order valence-electron chi connectivity index (χ4n) is 6.70. The maximum Gasteiger partial charge on any atom is 0.229 e. The SMILES string of the molecule is CCCc1nn(-c2ccccc2)c2c1C(c1ccc(C3C(C#N)=C(N)Oc4c3c(CCC)nn4-c3ccccc3)cc1)C(C#N)=C(N)O2. The van der Waals surface area contributed by atoms with E-state index >= 15 is 0 Å². The van der Waals surface area contributed by atoms with Crippen molar-refractivity contribution in [1.29, 1.82) is 10.5 Å². The second kappa shape index (κ2) is 12.5. The molecule has 0 spiro atoms. The van der Waals surface area contributed by atoms with Crippen molar-refractivity contribution in [3.63, 3.8) is 0 Å². The van der Waals surface area contributed by atoms with Crippen molar-refractivity contribution in [2.75, 3.05) is 0 Å². The van der Waals surface area contributed by atoms with E-state index < -0.39 is 11.8 Å². The molecular weight excluding hydrogens is 600 g/mol. The maximum atomic E-state index is 10.3. The molecule has 2 unspecified atom stereocenters. The first-order valence-electron chi connectivity index (χ1n) is 16.1. The third-order valence-corrected chi connectivity index (χ3v) is 8.83. The number of nitrogens with zero attached hydrogens (tertiary/aromatic N) is 6. The van der Waals surface area contributed by atoms with Gasteiger partial charge in [-0.05, 0) is 48.2 Å². The molecule has 0 fully saturated rings. The zero-order chi connectivity index (χ0) is 33.4. The van der Waals surface area contributed by atoms with Crippen molar-refractivity contribution in [1.82, 2.24) is 19.6 Å². The van der Waals surface area contributed by atoms with Gasteiger partial charge in [-0.1, -0.05) is 87.4 Å². The van der Waals surface area contributed by atoms with Crippen LogP contribution < -0.4 is 20.9 Å². The number of aromatic nitrogens is 4. The van der Waals surface area contributed by atoms with E-state index in [1.54, 1.807) is 9.36 Å². The normalized spacial score (nSPS) is 16.8. The van der Waals surface area contributed by atoms with Gasteiger partial charge in [0.1, 0.15) is 23.3 Å². The van der Waals surface area contributed by atoms with E-state index in [0.717, 1.165) is 57.9 Å². The molecule has 48 heavy (non-hydrogen) atoms. The van der Waals surface area contributed by atoms with Crippen LogP contribution in [0.5, 0.6) is 11.8 Å². The van der Waals surface area contributed by atoms with Gasteiger partial charge >= 0.3 is 0 Å². The van der Waals surface area contributed by atoms with Crippen LogP contribution >= 0.6 is 0 Å². The highest BCUT2D eigenvalue weighted by atomic mass is 16.5. The summed E-state index contributed by atoms with van der Waals surface area (Å²) in [4.78, 5) is 0. The van der Waals surface area contributed by atoms with Gasteiger partial charge in [0.05, 0.1) is 45.7 Å². The van der Waals surface area contributed by atoms with Gasteiger partial charge in [-0.15, -0.1) is 0 Å². The third-order valence-electron chi connectivity index (χ3n) is 8.83. The Balaban J connectivity index is 1.37. The van der Waals surface area contributed by atoms with Gasteiger partial charge in [0.15, 0.2) is 0 Å². The lowest BCUT2D eigenvalue weighted by atomic mass is 9.80. The molecule has 2 aliphatic heterocycles. The Bertz CT molecular complexity index is 1990. The fourth-order valence-corrected chi connectivity index (χ4v) is 6.70. The molecule has 2 atom stereocenters. The quantitative estimate of drug-likeness (QED) is 0.199. The Morgan fingerprint density at radius 1 is 0.625 bits per heavy atom. The highest BCUT2D eigenvalue weighted by Crippen LogP contribution is 2.48. The molecule has 0 radical (unpaired) electrons. The van der Waals surface area contributed by atoms with Crippen molar-refractivity contribution in [3.8, 4) is 35.3 Å². The van der Waals surface area contributed by atoms with Crippen molar-refractivity contribution < 1.29 is 9.47 Å². The molecular formula is C38H34N8O2. The lowest BCUT2D eigenvalue weighted by Gasteiger charge is -2.27. The van der Waals surface area contributed by atoms with Crippen LogP contribution in [0.25, 0.3) is 11.4 Å². The minimum Gasteiger partial charge on any atom is -0.422 e. The third kappa shape index (κ3) is 4.95. The van der Waals surface area contributed by atoms with Gasteiger partial charge in [-0.3, -0.25) is 0 Å². The molecule has 0 saturated carbocycles. The van der Waals surface area contributed by atoms with Crippen LogP contribution in [0.15, 0.2) is 108 Å². The van der Waals surface area contributed by atoms with Gasteiger partial charge < -0.3 is 20.9 Å². The highest BCUT2D eigenvalue weighted by molar-refractivity contribution is 5.60. The summed E-state index contributed by atoms with van der Waals surface area (Å²) in [6.07, 6.45) is 3.12. The average molecular weight is 635 g/mol. The number of ether oxygens (including phenoxy) is 2. The topological polar surface area (TPSA) is 154 Å². The molecule has 10 nitrogen and oxygen atoms in total. The largest absolute Gasteiger partial charge is 0.422 e. The van der Waals surface area contributed by atoms with E-state index in [2.05, 4.69) is 26.0 Å². The first kappa shape index (κ1) is 30.4. The summed E-state index contributed by atoms with van der Waals surface area (Å²) in [7, 11) is 0. The lowest BCUT2D eigenvalue weighted by Crippen LogP contribution is -2.23. The Labute approximate surface area is 278 Å². The molecule has 0 bridgehead atoms. The van der Waals surface area contributed by atoms with Crippen LogP contribution in [0.2, 0.25) is 0 Å². The summed E-state index contributed by atoms with van der Waals surface area (Å²) in [6, 6.07) is 32.0. The monoisotopic (exact) mass is 634 g/mol. The van der Waals surface area contributed by atoms with Gasteiger partial charge in [0.25, 0.3) is 0 Å². The second-order valence-corrected chi connectivity index (χ2v) is 11.8. The number of para-hydroxylation sites is 2. The molecule has 2 aliphatic rings. The van der Waals surface area contributed by atoms with E-state index in [1.165, 1.54) is 0 Å². The minimum atomic E-state index is -0.496. The number of aryl methyl sites for hydroxylation is 2. The van der Waals surface area contributed by atoms with Gasteiger partial charge in [-0.25, -0.2) is 9.36 Å². The zero-order valence-corrected chi connectivity index (χ0v) is 26.7. The lowest BCUT2D eigenvalue weighted by molar-refractivity contribution is 0.366. The Morgan fingerprint density at radius 2 is 1.00 bits per heavy atom. The summed E-state index contributed by atoms with van der Waals surface area (Å²) in [5.74, 6) is 0.115. The Hall–Kier alpha value is -6.26. The molecule has 0 aliphatic carbocycles. The predicted molar refractivity (Wildman–Crippen MR) is 180 cm³/mol. The summed E-state index contributed by atoms with van der Waals surface area (Å²) in [5, 5.41) is 30.6. The first-order chi connectivity index (χ1) is 23.5. The fraction of sp³-hybridized carbons (Fsp3) is 0.211. The first-order valence-corrected chi connectivity index (χ1v) is 16.1. The maximum absolute atomic E-state index is 10.3. The van der Waals surface area contributed by atoms with Crippen LogP contribution in [-0.4, -0.2) is 19.6 Å². The summed E-state index contributed by atoms with van der Waals surface area (Å²) in [6.45, 7) is 4.19. The standard InChI is InChI=1S/C38H34N8O2/c1-3-11-29-33-31(27(21-39)35(41)47-37(33)45(43-29)25-13-7-5-8-14-25)23-17-19-24(20-18-23)32-28(22-40)36(42)48-38-34(32)30(12-4-2)44-46(38)26-15-9-6-10-16-26/h5-10,13-20,31-32H,3-4,11-12,41-42H2,1-2H3. The number of hydrogen-bond donors (Lipinski definition) is 2. The van der Waals surface area contributed by atoms with E-state index in [0.29, 0.717) is 35.7 Å². The molecule has 4 N–H and O–H groups in total. The van der Waals surface area contributed by atoms with Gasteiger partial charge in [0.2, 0.25) is 23.5 Å². The zero-order valence-electron chi connectivity index (χ0n) is 26.7. The molecule has 0 saturated heterocycles. The smallest absolute Gasteiger partial charge is 0.229 e. The van der Waals surface area contributed by atoms with Crippen molar-refractivity contribution in [2.45, 2.75) is 51.4 Å². The van der Waals surface area contributed by atoms with Crippen molar-refractivity contribution in [3.05, 3.63) is 141 Å². The molecule has 238 valence electrons. The van der Waals surface area contributed by atoms with Gasteiger partial charge in [0, 0.05) is 0 Å². The summed E-state index contributed by atoms with van der Waals surface area (Å²) >= 11 is 0. The number of allylic oxidation sites excluding steroid dienone is 2. The number of nitriles is 2. The molecule has 3 aromatic carbocycles. The number of rotatable bonds is 8. The number of nitrogens with two attached hydrogens (primary N) is 2. The Morgan fingerprint density at radius 3 is 1.33 bits per heavy atom. The van der Waals surface area contributed by atoms with Crippen LogP contribution in [0.4, 0.5) is 0 Å². The molecule has 4 heterocycles. The van der Waals surface area contributed by atoms with E-state index in [4.69, 9.17) is 31.1 Å². The number of benzene rings is 3. The molecule has 7 rings (SSSR count). The molecule has 0 amide bonds. The Kier molecular flexibility index (Phi) is 7.92.